The Kier molecular flexibility index (Phi) is 5.67. The highest BCUT2D eigenvalue weighted by atomic mass is 32.1. The van der Waals surface area contributed by atoms with Crippen LogP contribution in [0, 0.1) is 11.6 Å². The molecule has 1 aromatic heterocycles. The van der Waals surface area contributed by atoms with E-state index in [4.69, 9.17) is 0 Å². The number of rotatable bonds is 7. The van der Waals surface area contributed by atoms with Gasteiger partial charge in [0.05, 0.1) is 5.69 Å². The summed E-state index contributed by atoms with van der Waals surface area (Å²) >= 11 is 1.41. The molecule has 0 aliphatic carbocycles. The maximum absolute atomic E-state index is 13.3. The summed E-state index contributed by atoms with van der Waals surface area (Å²) in [6.07, 6.45) is 1.71. The van der Waals surface area contributed by atoms with E-state index in [2.05, 4.69) is 15.8 Å². The number of thiophene rings is 1. The Morgan fingerprint density at radius 3 is 2.90 bits per heavy atom. The minimum atomic E-state index is -1.01. The van der Waals surface area contributed by atoms with Gasteiger partial charge in [0, 0.05) is 31.1 Å². The molecular weight excluding hydrogens is 412 g/mol. The van der Waals surface area contributed by atoms with Gasteiger partial charge in [0.25, 0.3) is 5.91 Å². The minimum absolute atomic E-state index is 0.00189. The van der Waals surface area contributed by atoms with E-state index < -0.39 is 11.6 Å². The van der Waals surface area contributed by atoms with Crippen molar-refractivity contribution in [3.63, 3.8) is 0 Å². The number of nitrogens with one attached hydrogen (secondary N) is 2. The fraction of sp³-hybridized carbons (Fsp3) is 0.350. The van der Waals surface area contributed by atoms with Gasteiger partial charge in [-0.2, -0.15) is 5.10 Å². The molecule has 0 spiro atoms. The van der Waals surface area contributed by atoms with Gasteiger partial charge in [0.1, 0.15) is 10.7 Å². The summed E-state index contributed by atoms with van der Waals surface area (Å²) in [5.41, 5.74) is 4.09. The summed E-state index contributed by atoms with van der Waals surface area (Å²) in [7, 11) is 0. The lowest BCUT2D eigenvalue weighted by Gasteiger charge is -2.39. The van der Waals surface area contributed by atoms with Gasteiger partial charge in [-0.25, -0.2) is 8.78 Å². The lowest BCUT2D eigenvalue weighted by Crippen LogP contribution is -2.58. The van der Waals surface area contributed by atoms with Crippen molar-refractivity contribution in [2.45, 2.75) is 38.9 Å². The lowest BCUT2D eigenvalue weighted by atomic mass is 10.1. The van der Waals surface area contributed by atoms with E-state index in [-0.39, 0.29) is 30.2 Å². The van der Waals surface area contributed by atoms with Gasteiger partial charge in [-0.1, -0.05) is 6.92 Å². The summed E-state index contributed by atoms with van der Waals surface area (Å²) in [5, 5.41) is 8.86. The van der Waals surface area contributed by atoms with Gasteiger partial charge in [-0.3, -0.25) is 24.8 Å². The number of halogens is 2. The van der Waals surface area contributed by atoms with Crippen LogP contribution in [0.2, 0.25) is 0 Å². The van der Waals surface area contributed by atoms with E-state index in [1.165, 1.54) is 17.4 Å². The normalized spacial score (nSPS) is 17.4. The first kappa shape index (κ1) is 20.3. The Balaban J connectivity index is 1.38. The van der Waals surface area contributed by atoms with Crippen LogP contribution >= 0.6 is 11.3 Å². The number of benzene rings is 1. The number of anilines is 2. The lowest BCUT2D eigenvalue weighted by molar-refractivity contribution is -0.116. The predicted molar refractivity (Wildman–Crippen MR) is 111 cm³/mol. The number of fused-ring (bicyclic) bond motifs is 3. The second-order valence-corrected chi connectivity index (χ2v) is 7.98. The quantitative estimate of drug-likeness (QED) is 0.698. The number of amides is 2. The van der Waals surface area contributed by atoms with Crippen molar-refractivity contribution in [1.82, 2.24) is 10.3 Å². The highest BCUT2D eigenvalue weighted by Gasteiger charge is 2.42. The van der Waals surface area contributed by atoms with Crippen LogP contribution in [0.4, 0.5) is 20.2 Å². The van der Waals surface area contributed by atoms with Crippen LogP contribution < -0.4 is 15.6 Å². The molecule has 1 atom stereocenters. The number of carbonyl (C=O) groups is 2. The zero-order valence-corrected chi connectivity index (χ0v) is 17.1. The van der Waals surface area contributed by atoms with Crippen molar-refractivity contribution in [3.05, 3.63) is 46.2 Å². The van der Waals surface area contributed by atoms with Crippen LogP contribution in [0.15, 0.2) is 34.7 Å². The molecule has 2 amide bonds. The highest BCUT2D eigenvalue weighted by Crippen LogP contribution is 2.36. The topological polar surface area (TPSA) is 77.0 Å². The number of nitrogens with zero attached hydrogens (tertiary/aromatic N) is 3. The van der Waals surface area contributed by atoms with Crippen molar-refractivity contribution in [3.8, 4) is 0 Å². The molecule has 158 valence electrons. The molecule has 0 fully saturated rings. The van der Waals surface area contributed by atoms with Crippen molar-refractivity contribution in [2.24, 2.45) is 5.10 Å². The average molecular weight is 433 g/mol. The van der Waals surface area contributed by atoms with Crippen molar-refractivity contribution >= 4 is 40.4 Å². The Labute approximate surface area is 176 Å². The van der Waals surface area contributed by atoms with Gasteiger partial charge in [0.15, 0.2) is 11.6 Å². The van der Waals surface area contributed by atoms with Gasteiger partial charge >= 0.3 is 0 Å². The average Bonchev–Trinajstić information content (AvgIpc) is 3.35. The second-order valence-electron chi connectivity index (χ2n) is 7.06. The first-order valence-corrected chi connectivity index (χ1v) is 10.6. The van der Waals surface area contributed by atoms with E-state index in [0.717, 1.165) is 30.1 Å². The molecule has 2 aliphatic heterocycles. The van der Waals surface area contributed by atoms with E-state index in [1.54, 1.807) is 4.90 Å². The molecule has 0 bridgehead atoms. The van der Waals surface area contributed by atoms with E-state index in [1.807, 2.05) is 23.3 Å². The Hall–Kier alpha value is -3.01. The fourth-order valence-electron chi connectivity index (χ4n) is 3.60. The molecule has 1 unspecified atom stereocenters. The molecule has 2 N–H and O–H groups in total. The Morgan fingerprint density at radius 2 is 2.13 bits per heavy atom. The standard InChI is InChI=1S/C20H21F2N5O2S/c1-2-9-26-19(29)18-15(8-10-30-18)27-16(24-25-20(26)27)4-3-5-17(28)23-12-6-7-13(21)14(22)11-12/h6-8,10-11,20,25H,2-5,9H2,1H3,(H,23,28). The maximum Gasteiger partial charge on any atom is 0.269 e. The van der Waals surface area contributed by atoms with Gasteiger partial charge in [-0.15, -0.1) is 11.3 Å². The van der Waals surface area contributed by atoms with Gasteiger partial charge in [0.2, 0.25) is 12.2 Å². The Morgan fingerprint density at radius 1 is 1.30 bits per heavy atom. The van der Waals surface area contributed by atoms with Crippen LogP contribution in [-0.4, -0.2) is 35.4 Å². The molecule has 0 saturated carbocycles. The van der Waals surface area contributed by atoms with Crippen molar-refractivity contribution in [2.75, 3.05) is 16.8 Å². The summed E-state index contributed by atoms with van der Waals surface area (Å²) in [5.74, 6) is -1.50. The number of amidine groups is 1. The van der Waals surface area contributed by atoms with Gasteiger partial charge in [-0.05, 0) is 36.4 Å². The van der Waals surface area contributed by atoms with Crippen LogP contribution in [0.3, 0.4) is 0 Å². The summed E-state index contributed by atoms with van der Waals surface area (Å²) in [6.45, 7) is 2.63. The second kappa shape index (κ2) is 8.39. The van der Waals surface area contributed by atoms with E-state index in [9.17, 15) is 18.4 Å². The molecule has 4 rings (SSSR count). The molecule has 7 nitrogen and oxygen atoms in total. The maximum atomic E-state index is 13.3. The predicted octanol–water partition coefficient (Wildman–Crippen LogP) is 3.71. The smallest absolute Gasteiger partial charge is 0.269 e. The van der Waals surface area contributed by atoms with E-state index in [0.29, 0.717) is 24.3 Å². The molecule has 2 aromatic rings. The zero-order chi connectivity index (χ0) is 21.3. The largest absolute Gasteiger partial charge is 0.326 e. The minimum Gasteiger partial charge on any atom is -0.326 e. The monoisotopic (exact) mass is 433 g/mol. The molecular formula is C20H21F2N5O2S. The van der Waals surface area contributed by atoms with Crippen molar-refractivity contribution < 1.29 is 18.4 Å². The van der Waals surface area contributed by atoms with Crippen molar-refractivity contribution in [1.29, 1.82) is 0 Å². The first-order chi connectivity index (χ1) is 14.5. The summed E-state index contributed by atoms with van der Waals surface area (Å²) in [6, 6.07) is 5.15. The third-order valence-electron chi connectivity index (χ3n) is 4.96. The fourth-order valence-corrected chi connectivity index (χ4v) is 4.44. The molecule has 10 heteroatoms. The molecule has 0 radical (unpaired) electrons. The third-order valence-corrected chi connectivity index (χ3v) is 5.85. The number of hydrogen-bond donors (Lipinski definition) is 2. The van der Waals surface area contributed by atoms with Crippen LogP contribution in [0.25, 0.3) is 0 Å². The molecule has 2 aliphatic rings. The number of hydrogen-bond acceptors (Lipinski definition) is 6. The van der Waals surface area contributed by atoms with Crippen LogP contribution in [-0.2, 0) is 4.79 Å². The van der Waals surface area contributed by atoms with E-state index >= 15 is 0 Å². The zero-order valence-electron chi connectivity index (χ0n) is 16.3. The van der Waals surface area contributed by atoms with Crippen LogP contribution in [0.5, 0.6) is 0 Å². The van der Waals surface area contributed by atoms with Crippen LogP contribution in [0.1, 0.15) is 42.3 Å². The highest BCUT2D eigenvalue weighted by molar-refractivity contribution is 7.12. The number of carbonyl (C=O) groups excluding carboxylic acids is 2. The Bertz CT molecular complexity index is 1010. The summed E-state index contributed by atoms with van der Waals surface area (Å²) < 4.78 is 26.3. The SMILES string of the molecule is CCCN1C(=O)c2sccc2N2C(CCCC(=O)Nc3ccc(F)c(F)c3)=NNC12. The number of hydrazone groups is 1. The third kappa shape index (κ3) is 3.74. The first-order valence-electron chi connectivity index (χ1n) is 9.74. The molecule has 30 heavy (non-hydrogen) atoms. The molecule has 0 saturated heterocycles. The molecule has 3 heterocycles. The van der Waals surface area contributed by atoms with Gasteiger partial charge < -0.3 is 5.32 Å². The molecule has 1 aromatic carbocycles. The summed E-state index contributed by atoms with van der Waals surface area (Å²) in [4.78, 5) is 29.4.